The average molecular weight is 414 g/mol. The molecule has 1 atom stereocenters. The quantitative estimate of drug-likeness (QED) is 0.669. The number of hydrogen-bond acceptors (Lipinski definition) is 8. The van der Waals surface area contributed by atoms with Crippen LogP contribution in [0, 0.1) is 11.3 Å². The van der Waals surface area contributed by atoms with Gasteiger partial charge in [-0.3, -0.25) is 9.47 Å². The molecule has 0 bridgehead atoms. The number of imidazole rings is 1. The molecule has 5 rings (SSSR count). The molecular formula is C22H22N8O. The molecule has 0 radical (unpaired) electrons. The van der Waals surface area contributed by atoms with Gasteiger partial charge in [0.2, 0.25) is 5.95 Å². The first-order valence-electron chi connectivity index (χ1n) is 10.2. The number of anilines is 2. The van der Waals surface area contributed by atoms with E-state index in [-0.39, 0.29) is 0 Å². The number of nitrogens with zero attached hydrogens (tertiary/aromatic N) is 7. The van der Waals surface area contributed by atoms with Crippen molar-refractivity contribution >= 4 is 22.9 Å². The summed E-state index contributed by atoms with van der Waals surface area (Å²) in [5.41, 5.74) is 8.87. The Morgan fingerprint density at radius 1 is 1.10 bits per heavy atom. The van der Waals surface area contributed by atoms with E-state index in [9.17, 15) is 5.11 Å². The van der Waals surface area contributed by atoms with Gasteiger partial charge in [-0.05, 0) is 42.8 Å². The molecule has 156 valence electrons. The Hall–Kier alpha value is -3.90. The van der Waals surface area contributed by atoms with Gasteiger partial charge in [-0.1, -0.05) is 6.08 Å². The van der Waals surface area contributed by atoms with Crippen molar-refractivity contribution in [3.63, 3.8) is 0 Å². The number of benzene rings is 1. The molecule has 0 amide bonds. The molecule has 3 N–H and O–H groups in total. The van der Waals surface area contributed by atoms with Gasteiger partial charge in [0.05, 0.1) is 11.6 Å². The number of fused-ring (bicyclic) bond motifs is 1. The summed E-state index contributed by atoms with van der Waals surface area (Å²) in [6.45, 7) is 3.32. The molecule has 3 aromatic rings. The molecule has 2 aliphatic rings. The summed E-state index contributed by atoms with van der Waals surface area (Å²) >= 11 is 0. The minimum absolute atomic E-state index is 0.310. The highest BCUT2D eigenvalue weighted by Crippen LogP contribution is 2.25. The van der Waals surface area contributed by atoms with E-state index in [2.05, 4.69) is 31.9 Å². The molecule has 1 aliphatic heterocycles. The van der Waals surface area contributed by atoms with E-state index < -0.39 is 0 Å². The Morgan fingerprint density at radius 2 is 1.87 bits per heavy atom. The van der Waals surface area contributed by atoms with Crippen molar-refractivity contribution in [2.75, 3.05) is 36.8 Å². The van der Waals surface area contributed by atoms with Crippen LogP contribution in [0.1, 0.15) is 12.0 Å². The number of aliphatic hydroxyl groups excluding tert-OH is 1. The van der Waals surface area contributed by atoms with Gasteiger partial charge < -0.3 is 15.7 Å². The normalized spacial score (nSPS) is 19.4. The van der Waals surface area contributed by atoms with E-state index >= 15 is 0 Å². The Balaban J connectivity index is 1.38. The van der Waals surface area contributed by atoms with Gasteiger partial charge in [0.25, 0.3) is 0 Å². The van der Waals surface area contributed by atoms with Crippen LogP contribution < -0.4 is 10.6 Å². The van der Waals surface area contributed by atoms with Crippen LogP contribution in [0.25, 0.3) is 16.9 Å². The van der Waals surface area contributed by atoms with E-state index in [0.717, 1.165) is 38.3 Å². The molecule has 1 fully saturated rings. The van der Waals surface area contributed by atoms with Gasteiger partial charge in [0.15, 0.2) is 17.0 Å². The zero-order chi connectivity index (χ0) is 21.4. The summed E-state index contributed by atoms with van der Waals surface area (Å²) in [7, 11) is 0. The highest BCUT2D eigenvalue weighted by molar-refractivity contribution is 5.84. The van der Waals surface area contributed by atoms with Crippen molar-refractivity contribution in [3.05, 3.63) is 60.1 Å². The monoisotopic (exact) mass is 414 g/mol. The zero-order valence-electron chi connectivity index (χ0n) is 16.9. The standard InChI is InChI=1S/C22H22N8O/c23-13-15-1-3-17(4-2-15)30-14-25-19-20(24)26-22(27-21(19)30)29-11-9-28(10-12-29)16-5-7-18(31)8-6-16/h1-5,7-8,14,16,31H,6,9-12H2,(H2,24,26,27). The van der Waals surface area contributed by atoms with E-state index in [0.29, 0.717) is 40.3 Å². The minimum atomic E-state index is 0.310. The van der Waals surface area contributed by atoms with E-state index in [1.807, 2.05) is 22.8 Å². The van der Waals surface area contributed by atoms with Crippen LogP contribution in [0.4, 0.5) is 11.8 Å². The lowest BCUT2D eigenvalue weighted by Crippen LogP contribution is -2.50. The smallest absolute Gasteiger partial charge is 0.229 e. The topological polar surface area (TPSA) is 120 Å². The van der Waals surface area contributed by atoms with Crippen molar-refractivity contribution in [2.24, 2.45) is 0 Å². The van der Waals surface area contributed by atoms with E-state index in [1.54, 1.807) is 24.5 Å². The van der Waals surface area contributed by atoms with Crippen molar-refractivity contribution in [1.82, 2.24) is 24.4 Å². The molecule has 3 heterocycles. The summed E-state index contributed by atoms with van der Waals surface area (Å²) in [6.07, 6.45) is 8.18. The lowest BCUT2D eigenvalue weighted by atomic mass is 10.1. The third-order valence-electron chi connectivity index (χ3n) is 5.81. The highest BCUT2D eigenvalue weighted by Gasteiger charge is 2.25. The van der Waals surface area contributed by atoms with Crippen LogP contribution in [0.3, 0.4) is 0 Å². The van der Waals surface area contributed by atoms with Gasteiger partial charge in [-0.15, -0.1) is 0 Å². The van der Waals surface area contributed by atoms with Crippen molar-refractivity contribution < 1.29 is 5.11 Å². The van der Waals surface area contributed by atoms with E-state index in [4.69, 9.17) is 16.0 Å². The van der Waals surface area contributed by atoms with Gasteiger partial charge >= 0.3 is 0 Å². The Kier molecular flexibility index (Phi) is 4.76. The second-order valence-electron chi connectivity index (χ2n) is 7.67. The molecule has 1 saturated heterocycles. The molecule has 9 heteroatoms. The largest absolute Gasteiger partial charge is 0.508 e. The summed E-state index contributed by atoms with van der Waals surface area (Å²) in [6, 6.07) is 9.69. The van der Waals surface area contributed by atoms with Crippen LogP contribution in [0.15, 0.2) is 54.6 Å². The molecule has 0 spiro atoms. The van der Waals surface area contributed by atoms with Crippen molar-refractivity contribution in [2.45, 2.75) is 12.5 Å². The number of nitrogen functional groups attached to an aromatic ring is 1. The molecule has 1 aromatic carbocycles. The number of hydrogen-bond donors (Lipinski definition) is 2. The maximum absolute atomic E-state index is 9.54. The van der Waals surface area contributed by atoms with Crippen LogP contribution in [-0.4, -0.2) is 61.7 Å². The Morgan fingerprint density at radius 3 is 2.55 bits per heavy atom. The predicted molar refractivity (Wildman–Crippen MR) is 118 cm³/mol. The Bertz CT molecular complexity index is 1210. The first-order chi connectivity index (χ1) is 15.1. The fourth-order valence-electron chi connectivity index (χ4n) is 4.06. The van der Waals surface area contributed by atoms with Crippen LogP contribution in [-0.2, 0) is 0 Å². The predicted octanol–water partition coefficient (Wildman–Crippen LogP) is 2.16. The summed E-state index contributed by atoms with van der Waals surface area (Å²) in [5, 5.41) is 18.6. The number of aliphatic hydroxyl groups is 1. The molecule has 2 aromatic heterocycles. The number of allylic oxidation sites excluding steroid dienone is 1. The fourth-order valence-corrected chi connectivity index (χ4v) is 4.06. The lowest BCUT2D eigenvalue weighted by Gasteiger charge is -2.38. The summed E-state index contributed by atoms with van der Waals surface area (Å²) in [4.78, 5) is 18.2. The zero-order valence-corrected chi connectivity index (χ0v) is 16.9. The number of rotatable bonds is 3. The SMILES string of the molecule is N#Cc1ccc(-n2cnc3c(N)nc(N4CCN(C5C=CC(O)=CC5)CC4)nc32)cc1. The van der Waals surface area contributed by atoms with Crippen molar-refractivity contribution in [1.29, 1.82) is 5.26 Å². The molecule has 1 unspecified atom stereocenters. The van der Waals surface area contributed by atoms with E-state index in [1.165, 1.54) is 0 Å². The fraction of sp³-hybridized carbons (Fsp3) is 0.273. The molecule has 0 saturated carbocycles. The van der Waals surface area contributed by atoms with Crippen LogP contribution in [0.5, 0.6) is 0 Å². The maximum Gasteiger partial charge on any atom is 0.229 e. The summed E-state index contributed by atoms with van der Waals surface area (Å²) in [5.74, 6) is 1.29. The molecule has 31 heavy (non-hydrogen) atoms. The van der Waals surface area contributed by atoms with Crippen molar-refractivity contribution in [3.8, 4) is 11.8 Å². The first kappa shape index (κ1) is 19.1. The molecule has 9 nitrogen and oxygen atoms in total. The van der Waals surface area contributed by atoms with Gasteiger partial charge in [-0.25, -0.2) is 4.98 Å². The highest BCUT2D eigenvalue weighted by atomic mass is 16.3. The number of nitrogens with two attached hydrogens (primary N) is 1. The average Bonchev–Trinajstić information content (AvgIpc) is 3.24. The van der Waals surface area contributed by atoms with Crippen LogP contribution >= 0.6 is 0 Å². The Labute approximate surface area is 179 Å². The number of aromatic nitrogens is 4. The second kappa shape index (κ2) is 7.74. The summed E-state index contributed by atoms with van der Waals surface area (Å²) < 4.78 is 1.86. The van der Waals surface area contributed by atoms with Gasteiger partial charge in [0.1, 0.15) is 12.1 Å². The third kappa shape index (κ3) is 3.58. The van der Waals surface area contributed by atoms with Gasteiger partial charge in [0, 0.05) is 37.9 Å². The van der Waals surface area contributed by atoms with Crippen LogP contribution in [0.2, 0.25) is 0 Å². The third-order valence-corrected chi connectivity index (χ3v) is 5.81. The minimum Gasteiger partial charge on any atom is -0.508 e. The second-order valence-corrected chi connectivity index (χ2v) is 7.67. The molecular weight excluding hydrogens is 392 g/mol. The number of nitriles is 1. The lowest BCUT2D eigenvalue weighted by molar-refractivity contribution is 0.212. The maximum atomic E-state index is 9.54. The van der Waals surface area contributed by atoms with Gasteiger partial charge in [-0.2, -0.15) is 15.2 Å². The first-order valence-corrected chi connectivity index (χ1v) is 10.2. The molecule has 1 aliphatic carbocycles. The number of piperazine rings is 1.